The monoisotopic (exact) mass is 822 g/mol. The quantitative estimate of drug-likeness (QED) is 0.102. The van der Waals surface area contributed by atoms with Crippen molar-refractivity contribution in [3.63, 3.8) is 0 Å². The molecule has 0 radical (unpaired) electrons. The van der Waals surface area contributed by atoms with Crippen molar-refractivity contribution in [3.05, 3.63) is 70.5 Å². The maximum atomic E-state index is 14.3. The number of carbonyl (C=O) groups is 4. The lowest BCUT2D eigenvalue weighted by molar-refractivity contribution is -0.133. The van der Waals surface area contributed by atoms with E-state index in [0.29, 0.717) is 49.3 Å². The fraction of sp³-hybridized carbons (Fsp3) is 0.523. The van der Waals surface area contributed by atoms with Crippen molar-refractivity contribution in [2.75, 3.05) is 47.8 Å². The van der Waals surface area contributed by atoms with Crippen LogP contribution in [0.5, 0.6) is 0 Å². The average Bonchev–Trinajstić information content (AvgIpc) is 3.96. The number of urea groups is 1. The highest BCUT2D eigenvalue weighted by molar-refractivity contribution is 6.30. The zero-order chi connectivity index (χ0) is 41.0. The number of nitrogens with one attached hydrogen (secondary N) is 3. The largest absolute Gasteiger partial charge is 0.349 e. The Bertz CT molecular complexity index is 2190. The number of hydrogen-bond donors (Lipinski definition) is 3. The summed E-state index contributed by atoms with van der Waals surface area (Å²) in [6, 6.07) is 14.0. The van der Waals surface area contributed by atoms with E-state index in [1.807, 2.05) is 42.1 Å². The van der Waals surface area contributed by atoms with Gasteiger partial charge in [0.2, 0.25) is 17.7 Å². The fourth-order valence-electron chi connectivity index (χ4n) is 9.19. The number of aryl methyl sites for hydroxylation is 2. The predicted octanol–water partition coefficient (Wildman–Crippen LogP) is 6.44. The van der Waals surface area contributed by atoms with Crippen molar-refractivity contribution in [1.82, 2.24) is 35.3 Å². The van der Waals surface area contributed by atoms with E-state index >= 15 is 0 Å². The molecule has 2 aromatic heterocycles. The lowest BCUT2D eigenvalue weighted by atomic mass is 9.94. The van der Waals surface area contributed by atoms with E-state index in [2.05, 4.69) is 59.9 Å². The van der Waals surface area contributed by atoms with Gasteiger partial charge in [0, 0.05) is 62.0 Å². The number of hydrogen-bond acceptors (Lipinski definition) is 9. The van der Waals surface area contributed by atoms with Crippen molar-refractivity contribution < 1.29 is 19.2 Å². The van der Waals surface area contributed by atoms with Crippen LogP contribution in [0.4, 0.5) is 22.2 Å². The topological polar surface area (TPSA) is 158 Å². The molecule has 4 aromatic rings. The molecule has 3 N–H and O–H groups in total. The number of anilines is 3. The molecule has 59 heavy (non-hydrogen) atoms. The Kier molecular flexibility index (Phi) is 12.4. The van der Waals surface area contributed by atoms with Gasteiger partial charge in [-0.25, -0.2) is 14.8 Å². The smallest absolute Gasteiger partial charge is 0.329 e. The van der Waals surface area contributed by atoms with Crippen molar-refractivity contribution >= 4 is 63.7 Å². The van der Waals surface area contributed by atoms with Gasteiger partial charge in [-0.05, 0) is 73.5 Å². The van der Waals surface area contributed by atoms with Crippen LogP contribution in [0.2, 0.25) is 5.02 Å². The number of nitrogens with zero attached hydrogens (tertiary/aromatic N) is 7. The summed E-state index contributed by atoms with van der Waals surface area (Å²) in [6.07, 6.45) is 13.6. The normalized spacial score (nSPS) is 20.6. The molecule has 5 heterocycles. The molecule has 1 saturated carbocycles. The number of imide groups is 1. The average molecular weight is 823 g/mol. The number of rotatable bonds is 17. The van der Waals surface area contributed by atoms with Gasteiger partial charge in [-0.15, -0.1) is 0 Å². The molecule has 14 nitrogen and oxygen atoms in total. The van der Waals surface area contributed by atoms with Crippen LogP contribution in [0.25, 0.3) is 10.9 Å². The molecule has 3 aliphatic heterocycles. The maximum absolute atomic E-state index is 14.3. The zero-order valence-electron chi connectivity index (χ0n) is 34.1. The number of halogens is 1. The van der Waals surface area contributed by atoms with Crippen molar-refractivity contribution in [2.45, 2.75) is 108 Å². The minimum absolute atomic E-state index is 0.0158. The highest BCUT2D eigenvalue weighted by Crippen LogP contribution is 2.44. The molecular weight excluding hydrogens is 768 g/mol. The summed E-state index contributed by atoms with van der Waals surface area (Å²) < 4.78 is 1.81. The van der Waals surface area contributed by atoms with Gasteiger partial charge >= 0.3 is 6.03 Å². The predicted molar refractivity (Wildman–Crippen MR) is 229 cm³/mol. The van der Waals surface area contributed by atoms with Crippen molar-refractivity contribution in [1.29, 1.82) is 0 Å². The number of fused-ring (bicyclic) bond motifs is 3. The molecule has 0 spiro atoms. The molecule has 0 bridgehead atoms. The Morgan fingerprint density at radius 3 is 2.42 bits per heavy atom. The molecule has 15 heteroatoms. The molecule has 8 rings (SSSR count). The number of carbonyl (C=O) groups excluding carboxylic acids is 4. The minimum Gasteiger partial charge on any atom is -0.349 e. The van der Waals surface area contributed by atoms with Crippen LogP contribution in [0, 0.1) is 0 Å². The van der Waals surface area contributed by atoms with E-state index < -0.39 is 6.03 Å². The maximum Gasteiger partial charge on any atom is 0.329 e. The highest BCUT2D eigenvalue weighted by Gasteiger charge is 2.52. The molecule has 4 atom stereocenters. The van der Waals surface area contributed by atoms with Crippen LogP contribution in [0.1, 0.15) is 106 Å². The third-order valence-corrected chi connectivity index (χ3v) is 12.7. The molecule has 0 unspecified atom stereocenters. The summed E-state index contributed by atoms with van der Waals surface area (Å²) in [4.78, 5) is 65.4. The molecule has 1 aliphatic carbocycles. The standard InChI is InChI=1S/C44H55ClN10O4/c1-28-23-38(57)49-40-39(28)42(48-27-47-40)53-21-22-54(36-25-35(36)53)43(58)33(30-13-15-31(45)16-14-30)26-46-19-10-8-6-4-3-5-7-9-11-29-12-17-32-34(24-29)52(2)51-41(32)55-20-18-37(56)50-44(55)59/h12-17,24,27-28,33,35-36,46H,3-11,18-23,25-26H2,1-2H3,(H,50,56,59)(H,47,48,49,57)/t28-,33-,35+,36-/m1/s1. The van der Waals surface area contributed by atoms with Crippen LogP contribution in [0.3, 0.4) is 0 Å². The van der Waals surface area contributed by atoms with Gasteiger partial charge in [0.05, 0.1) is 23.5 Å². The number of amides is 5. The van der Waals surface area contributed by atoms with Gasteiger partial charge < -0.3 is 20.4 Å². The number of piperazine rings is 1. The summed E-state index contributed by atoms with van der Waals surface area (Å²) >= 11 is 6.25. The van der Waals surface area contributed by atoms with Gasteiger partial charge in [-0.1, -0.05) is 75.2 Å². The second-order valence-corrected chi connectivity index (χ2v) is 17.1. The first kappa shape index (κ1) is 40.7. The number of unbranched alkanes of at least 4 members (excludes halogenated alkanes) is 7. The second kappa shape index (κ2) is 18.0. The van der Waals surface area contributed by atoms with Crippen LogP contribution in [-0.4, -0.2) is 93.2 Å². The Morgan fingerprint density at radius 1 is 0.881 bits per heavy atom. The molecule has 2 saturated heterocycles. The second-order valence-electron chi connectivity index (χ2n) is 16.6. The minimum atomic E-state index is -0.416. The summed E-state index contributed by atoms with van der Waals surface area (Å²) in [5, 5.41) is 15.1. The van der Waals surface area contributed by atoms with Gasteiger partial charge in [0.1, 0.15) is 18.0 Å². The van der Waals surface area contributed by atoms with Crippen LogP contribution in [0.15, 0.2) is 48.8 Å². The summed E-state index contributed by atoms with van der Waals surface area (Å²) in [5.74, 6) is 1.73. The van der Waals surface area contributed by atoms with E-state index in [4.69, 9.17) is 11.6 Å². The number of aromatic nitrogens is 4. The summed E-state index contributed by atoms with van der Waals surface area (Å²) in [6.45, 7) is 5.16. The van der Waals surface area contributed by atoms with E-state index in [1.54, 1.807) is 4.90 Å². The first-order chi connectivity index (χ1) is 28.7. The van der Waals surface area contributed by atoms with E-state index in [0.717, 1.165) is 66.5 Å². The zero-order valence-corrected chi connectivity index (χ0v) is 34.8. The van der Waals surface area contributed by atoms with E-state index in [1.165, 1.54) is 44.0 Å². The highest BCUT2D eigenvalue weighted by atomic mass is 35.5. The third-order valence-electron chi connectivity index (χ3n) is 12.5. The van der Waals surface area contributed by atoms with Gasteiger partial charge in [0.15, 0.2) is 5.82 Å². The lowest BCUT2D eigenvalue weighted by Gasteiger charge is -2.38. The SMILES string of the molecule is C[C@@H]1CC(=O)Nc2ncnc(N3CCN(C(=O)[C@H](CNCCCCCCCCCCc4ccc5c(N6CCC(=O)NC6=O)nn(C)c5c4)c4ccc(Cl)cc4)[C@@H]4C[C@@H]43)c21. The van der Waals surface area contributed by atoms with Crippen molar-refractivity contribution in [2.24, 2.45) is 7.05 Å². The Labute approximate surface area is 350 Å². The van der Waals surface area contributed by atoms with Crippen molar-refractivity contribution in [3.8, 4) is 0 Å². The van der Waals surface area contributed by atoms with Gasteiger partial charge in [-0.3, -0.25) is 29.3 Å². The molecule has 312 valence electrons. The summed E-state index contributed by atoms with van der Waals surface area (Å²) in [7, 11) is 1.89. The summed E-state index contributed by atoms with van der Waals surface area (Å²) in [5.41, 5.74) is 4.23. The molecule has 4 aliphatic rings. The first-order valence-corrected chi connectivity index (χ1v) is 21.8. The molecule has 2 aromatic carbocycles. The number of benzene rings is 2. The van der Waals surface area contributed by atoms with Crippen LogP contribution in [-0.2, 0) is 27.9 Å². The fourth-order valence-corrected chi connectivity index (χ4v) is 9.31. The molecular formula is C44H55ClN10O4. The van der Waals surface area contributed by atoms with Gasteiger partial charge in [0.25, 0.3) is 0 Å². The third kappa shape index (κ3) is 9.08. The Morgan fingerprint density at radius 2 is 1.64 bits per heavy atom. The van der Waals surface area contributed by atoms with Crippen LogP contribution >= 0.6 is 11.6 Å². The lowest BCUT2D eigenvalue weighted by Crippen LogP contribution is -2.51. The molecule has 3 fully saturated rings. The van der Waals surface area contributed by atoms with Crippen LogP contribution < -0.4 is 25.8 Å². The Hall–Kier alpha value is -5.08. The van der Waals surface area contributed by atoms with Gasteiger partial charge in [-0.2, -0.15) is 5.10 Å². The molecule has 5 amide bonds. The van der Waals surface area contributed by atoms with E-state index in [-0.39, 0.29) is 48.1 Å². The van der Waals surface area contributed by atoms with E-state index in [9.17, 15) is 19.2 Å². The Balaban J connectivity index is 0.742. The first-order valence-electron chi connectivity index (χ1n) is 21.4.